The molecule has 110 valence electrons. The second-order valence-electron chi connectivity index (χ2n) is 5.51. The van der Waals surface area contributed by atoms with Crippen LogP contribution in [-0.2, 0) is 6.42 Å². The van der Waals surface area contributed by atoms with Crippen LogP contribution < -0.4 is 5.32 Å². The zero-order valence-electron chi connectivity index (χ0n) is 11.7. The lowest BCUT2D eigenvalue weighted by atomic mass is 10.0. The molecule has 0 radical (unpaired) electrons. The topological polar surface area (TPSA) is 32.3 Å². The Morgan fingerprint density at radius 2 is 2.05 bits per heavy atom. The number of fused-ring (bicyclic) bond motifs is 1. The Kier molecular flexibility index (Phi) is 3.98. The Morgan fingerprint density at radius 3 is 2.81 bits per heavy atom. The van der Waals surface area contributed by atoms with Crippen LogP contribution in [0.2, 0.25) is 5.02 Å². The molecule has 3 unspecified atom stereocenters. The third-order valence-electron chi connectivity index (χ3n) is 4.08. The van der Waals surface area contributed by atoms with Crippen LogP contribution in [0.1, 0.15) is 35.7 Å². The second-order valence-corrected chi connectivity index (χ2v) is 5.92. The van der Waals surface area contributed by atoms with Crippen molar-refractivity contribution in [2.75, 3.05) is 0 Å². The highest BCUT2D eigenvalue weighted by molar-refractivity contribution is 6.30. The van der Waals surface area contributed by atoms with Crippen LogP contribution in [0, 0.1) is 5.82 Å². The van der Waals surface area contributed by atoms with Crippen molar-refractivity contribution < 1.29 is 9.50 Å². The quantitative estimate of drug-likeness (QED) is 0.904. The third-order valence-corrected chi connectivity index (χ3v) is 4.37. The molecule has 2 aromatic carbocycles. The Bertz CT molecular complexity index is 661. The van der Waals surface area contributed by atoms with E-state index in [2.05, 4.69) is 5.32 Å². The minimum absolute atomic E-state index is 0.0334. The van der Waals surface area contributed by atoms with E-state index in [1.807, 2.05) is 31.2 Å². The summed E-state index contributed by atoms with van der Waals surface area (Å²) in [6.07, 6.45) is 0.214. The zero-order valence-corrected chi connectivity index (χ0v) is 12.4. The van der Waals surface area contributed by atoms with Gasteiger partial charge in [-0.15, -0.1) is 0 Å². The lowest BCUT2D eigenvalue weighted by Crippen LogP contribution is -2.31. The third kappa shape index (κ3) is 2.82. The fourth-order valence-corrected chi connectivity index (χ4v) is 3.11. The van der Waals surface area contributed by atoms with Crippen molar-refractivity contribution >= 4 is 11.6 Å². The standard InChI is InChI=1S/C17H17ClFNO/c1-10(11-6-7-15(19)14(18)8-11)20-17-13-5-3-2-4-12(13)9-16(17)21/h2-8,10,16-17,20-21H,9H2,1H3. The summed E-state index contributed by atoms with van der Waals surface area (Å²) in [6.45, 7) is 1.98. The Balaban J connectivity index is 1.81. The highest BCUT2D eigenvalue weighted by Gasteiger charge is 2.31. The van der Waals surface area contributed by atoms with Crippen LogP contribution in [0.25, 0.3) is 0 Å². The maximum atomic E-state index is 13.2. The van der Waals surface area contributed by atoms with Crippen molar-refractivity contribution in [2.24, 2.45) is 0 Å². The van der Waals surface area contributed by atoms with Gasteiger partial charge in [0, 0.05) is 12.5 Å². The number of halogens is 2. The van der Waals surface area contributed by atoms with Gasteiger partial charge in [0.15, 0.2) is 0 Å². The van der Waals surface area contributed by atoms with Crippen molar-refractivity contribution in [3.05, 3.63) is 70.0 Å². The van der Waals surface area contributed by atoms with Crippen LogP contribution in [0.15, 0.2) is 42.5 Å². The number of aliphatic hydroxyl groups is 1. The molecule has 1 aliphatic carbocycles. The summed E-state index contributed by atoms with van der Waals surface area (Å²) < 4.78 is 13.2. The van der Waals surface area contributed by atoms with E-state index in [1.165, 1.54) is 11.6 Å². The molecule has 0 amide bonds. The van der Waals surface area contributed by atoms with Crippen molar-refractivity contribution in [1.82, 2.24) is 5.32 Å². The van der Waals surface area contributed by atoms with Gasteiger partial charge in [0.2, 0.25) is 0 Å². The van der Waals surface area contributed by atoms with Gasteiger partial charge in [0.25, 0.3) is 0 Å². The number of aliphatic hydroxyl groups excluding tert-OH is 1. The average molecular weight is 306 g/mol. The average Bonchev–Trinajstić information content (AvgIpc) is 2.78. The normalized spacial score (nSPS) is 22.1. The summed E-state index contributed by atoms with van der Waals surface area (Å²) in [7, 11) is 0. The molecule has 4 heteroatoms. The van der Waals surface area contributed by atoms with E-state index in [0.717, 1.165) is 11.1 Å². The molecule has 0 aliphatic heterocycles. The van der Waals surface area contributed by atoms with E-state index in [0.29, 0.717) is 6.42 Å². The highest BCUT2D eigenvalue weighted by atomic mass is 35.5. The maximum Gasteiger partial charge on any atom is 0.141 e. The monoisotopic (exact) mass is 305 g/mol. The first-order valence-electron chi connectivity index (χ1n) is 7.03. The molecule has 0 bridgehead atoms. The van der Waals surface area contributed by atoms with Gasteiger partial charge in [-0.3, -0.25) is 0 Å². The largest absolute Gasteiger partial charge is 0.391 e. The molecule has 2 aromatic rings. The van der Waals surface area contributed by atoms with Crippen molar-refractivity contribution in [3.8, 4) is 0 Å². The van der Waals surface area contributed by atoms with Gasteiger partial charge >= 0.3 is 0 Å². The first-order valence-corrected chi connectivity index (χ1v) is 7.41. The van der Waals surface area contributed by atoms with Crippen molar-refractivity contribution in [2.45, 2.75) is 31.5 Å². The number of nitrogens with one attached hydrogen (secondary N) is 1. The number of hydrogen-bond acceptors (Lipinski definition) is 2. The second kappa shape index (κ2) is 5.76. The summed E-state index contributed by atoms with van der Waals surface area (Å²) in [5.41, 5.74) is 3.20. The Labute approximate surface area is 128 Å². The molecular formula is C17H17ClFNO. The Morgan fingerprint density at radius 1 is 1.29 bits per heavy atom. The zero-order chi connectivity index (χ0) is 15.0. The minimum atomic E-state index is -0.444. The van der Waals surface area contributed by atoms with E-state index < -0.39 is 11.9 Å². The van der Waals surface area contributed by atoms with Gasteiger partial charge in [-0.25, -0.2) is 4.39 Å². The van der Waals surface area contributed by atoms with E-state index in [4.69, 9.17) is 11.6 Å². The molecular weight excluding hydrogens is 289 g/mol. The van der Waals surface area contributed by atoms with E-state index in [9.17, 15) is 9.50 Å². The molecule has 3 atom stereocenters. The van der Waals surface area contributed by atoms with Gasteiger partial charge in [-0.2, -0.15) is 0 Å². The lowest BCUT2D eigenvalue weighted by Gasteiger charge is -2.23. The molecule has 0 heterocycles. The molecule has 0 fully saturated rings. The van der Waals surface area contributed by atoms with Crippen LogP contribution >= 0.6 is 11.6 Å². The highest BCUT2D eigenvalue weighted by Crippen LogP contribution is 2.33. The smallest absolute Gasteiger partial charge is 0.141 e. The van der Waals surface area contributed by atoms with Crippen LogP contribution in [0.3, 0.4) is 0 Å². The SMILES string of the molecule is CC(NC1c2ccccc2CC1O)c1ccc(F)c(Cl)c1. The van der Waals surface area contributed by atoms with Crippen LogP contribution in [0.4, 0.5) is 4.39 Å². The fourth-order valence-electron chi connectivity index (χ4n) is 2.92. The van der Waals surface area contributed by atoms with Crippen molar-refractivity contribution in [1.29, 1.82) is 0 Å². The van der Waals surface area contributed by atoms with Crippen LogP contribution in [0.5, 0.6) is 0 Å². The molecule has 21 heavy (non-hydrogen) atoms. The predicted octanol–water partition coefficient (Wildman–Crippen LogP) is 3.79. The molecule has 3 rings (SSSR count). The van der Waals surface area contributed by atoms with E-state index >= 15 is 0 Å². The van der Waals surface area contributed by atoms with Gasteiger partial charge in [-0.1, -0.05) is 41.9 Å². The lowest BCUT2D eigenvalue weighted by molar-refractivity contribution is 0.136. The Hall–Kier alpha value is -1.42. The number of benzene rings is 2. The summed E-state index contributed by atoms with van der Waals surface area (Å²) in [5, 5.41) is 13.8. The first kappa shape index (κ1) is 14.5. The minimum Gasteiger partial charge on any atom is -0.391 e. The van der Waals surface area contributed by atoms with E-state index in [-0.39, 0.29) is 17.1 Å². The number of hydrogen-bond donors (Lipinski definition) is 2. The number of rotatable bonds is 3. The summed E-state index contributed by atoms with van der Waals surface area (Å²) >= 11 is 5.83. The van der Waals surface area contributed by atoms with Gasteiger partial charge < -0.3 is 10.4 Å². The molecule has 1 aliphatic rings. The van der Waals surface area contributed by atoms with E-state index in [1.54, 1.807) is 12.1 Å². The summed E-state index contributed by atoms with van der Waals surface area (Å²) in [6, 6.07) is 12.6. The molecule has 2 nitrogen and oxygen atoms in total. The van der Waals surface area contributed by atoms with Gasteiger partial charge in [-0.05, 0) is 35.7 Å². The van der Waals surface area contributed by atoms with Gasteiger partial charge in [0.05, 0.1) is 17.2 Å². The van der Waals surface area contributed by atoms with Crippen molar-refractivity contribution in [3.63, 3.8) is 0 Å². The molecule has 0 saturated carbocycles. The molecule has 0 saturated heterocycles. The first-order chi connectivity index (χ1) is 10.1. The summed E-state index contributed by atoms with van der Waals surface area (Å²) in [5.74, 6) is -0.418. The van der Waals surface area contributed by atoms with Crippen LogP contribution in [-0.4, -0.2) is 11.2 Å². The molecule has 0 aromatic heterocycles. The summed E-state index contributed by atoms with van der Waals surface area (Å²) in [4.78, 5) is 0. The van der Waals surface area contributed by atoms with Gasteiger partial charge in [0.1, 0.15) is 5.82 Å². The predicted molar refractivity (Wildman–Crippen MR) is 81.9 cm³/mol. The fraction of sp³-hybridized carbons (Fsp3) is 0.294. The maximum absolute atomic E-state index is 13.2. The molecule has 2 N–H and O–H groups in total. The molecule has 0 spiro atoms.